The minimum Gasteiger partial charge on any atom is -0.395 e. The van der Waals surface area contributed by atoms with Gasteiger partial charge in [0.2, 0.25) is 0 Å². The highest BCUT2D eigenvalue weighted by Crippen LogP contribution is 2.61. The van der Waals surface area contributed by atoms with Crippen LogP contribution in [0.3, 0.4) is 0 Å². The number of hydrogen-bond donors (Lipinski definition) is 2. The van der Waals surface area contributed by atoms with E-state index in [0.717, 1.165) is 49.6 Å². The average Bonchev–Trinajstić information content (AvgIpc) is 2.73. The molecule has 6 rings (SSSR count). The third kappa shape index (κ3) is 4.02. The Balaban J connectivity index is 1.34. The molecule has 7 nitrogen and oxygen atoms in total. The van der Waals surface area contributed by atoms with Crippen molar-refractivity contribution in [2.24, 2.45) is 23.2 Å². The minimum absolute atomic E-state index is 0.180. The number of anilines is 2. The summed E-state index contributed by atoms with van der Waals surface area (Å²) in [6.07, 6.45) is 8.08. The molecule has 31 heavy (non-hydrogen) atoms. The van der Waals surface area contributed by atoms with E-state index in [1.54, 1.807) is 6.07 Å². The second-order valence-electron chi connectivity index (χ2n) is 10.7. The fraction of sp³-hybridized carbons (Fsp3) is 0.750. The van der Waals surface area contributed by atoms with Crippen molar-refractivity contribution in [3.8, 4) is 0 Å². The SMILES string of the molecule is CC(Nc1cc(N2CCN(CCO)CC2)ccc1[N+](=O)[O-])C12CC3CC(CC(C3)C1)C2. The van der Waals surface area contributed by atoms with Crippen LogP contribution in [0.1, 0.15) is 45.4 Å². The third-order valence-corrected chi connectivity index (χ3v) is 8.71. The highest BCUT2D eigenvalue weighted by atomic mass is 16.6. The van der Waals surface area contributed by atoms with Gasteiger partial charge in [-0.25, -0.2) is 0 Å². The molecule has 1 aliphatic heterocycles. The summed E-state index contributed by atoms with van der Waals surface area (Å²) < 4.78 is 0. The molecule has 4 aliphatic carbocycles. The lowest BCUT2D eigenvalue weighted by molar-refractivity contribution is -0.384. The lowest BCUT2D eigenvalue weighted by Gasteiger charge is -2.59. The summed E-state index contributed by atoms with van der Waals surface area (Å²) in [5, 5.41) is 24.6. The lowest BCUT2D eigenvalue weighted by Crippen LogP contribution is -2.53. The molecule has 1 aromatic carbocycles. The van der Waals surface area contributed by atoms with Gasteiger partial charge in [-0.15, -0.1) is 0 Å². The number of nitro groups is 1. The van der Waals surface area contributed by atoms with E-state index in [2.05, 4.69) is 22.0 Å². The molecule has 0 radical (unpaired) electrons. The first-order chi connectivity index (χ1) is 15.0. The maximum atomic E-state index is 11.8. The van der Waals surface area contributed by atoms with Crippen LogP contribution in [0.4, 0.5) is 17.1 Å². The van der Waals surface area contributed by atoms with Crippen LogP contribution in [-0.4, -0.2) is 60.3 Å². The molecule has 0 aromatic heterocycles. The van der Waals surface area contributed by atoms with Gasteiger partial charge in [0, 0.05) is 50.5 Å². The number of benzene rings is 1. The van der Waals surface area contributed by atoms with Gasteiger partial charge in [0.05, 0.1) is 11.5 Å². The van der Waals surface area contributed by atoms with Crippen LogP contribution in [-0.2, 0) is 0 Å². The van der Waals surface area contributed by atoms with E-state index in [9.17, 15) is 10.1 Å². The summed E-state index contributed by atoms with van der Waals surface area (Å²) in [6.45, 7) is 6.73. The van der Waals surface area contributed by atoms with Gasteiger partial charge < -0.3 is 15.3 Å². The highest BCUT2D eigenvalue weighted by molar-refractivity contribution is 5.69. The van der Waals surface area contributed by atoms with Gasteiger partial charge in [-0.3, -0.25) is 15.0 Å². The van der Waals surface area contributed by atoms with Crippen molar-refractivity contribution < 1.29 is 10.0 Å². The topological polar surface area (TPSA) is 81.9 Å². The summed E-state index contributed by atoms with van der Waals surface area (Å²) in [5.74, 6) is 2.60. The summed E-state index contributed by atoms with van der Waals surface area (Å²) in [4.78, 5) is 16.1. The summed E-state index contributed by atoms with van der Waals surface area (Å²) in [7, 11) is 0. The quantitative estimate of drug-likeness (QED) is 0.509. The van der Waals surface area contributed by atoms with Gasteiger partial charge in [0.25, 0.3) is 5.69 Å². The Bertz CT molecular complexity index is 786. The van der Waals surface area contributed by atoms with Crippen LogP contribution in [0, 0.1) is 33.3 Å². The Morgan fingerprint density at radius 1 is 1.13 bits per heavy atom. The van der Waals surface area contributed by atoms with Crippen LogP contribution in [0.15, 0.2) is 18.2 Å². The number of nitro benzene ring substituents is 1. The summed E-state index contributed by atoms with van der Waals surface area (Å²) >= 11 is 0. The number of hydrogen-bond acceptors (Lipinski definition) is 6. The van der Waals surface area contributed by atoms with Crippen LogP contribution < -0.4 is 10.2 Å². The summed E-state index contributed by atoms with van der Waals surface area (Å²) in [5.41, 5.74) is 2.20. The second-order valence-corrected chi connectivity index (χ2v) is 10.7. The van der Waals surface area contributed by atoms with Gasteiger partial charge in [0.1, 0.15) is 5.69 Å². The van der Waals surface area contributed by atoms with Crippen LogP contribution >= 0.6 is 0 Å². The van der Waals surface area contributed by atoms with Crippen molar-refractivity contribution in [3.63, 3.8) is 0 Å². The molecule has 1 atom stereocenters. The normalized spacial score (nSPS) is 33.5. The summed E-state index contributed by atoms with van der Waals surface area (Å²) in [6, 6.07) is 5.80. The van der Waals surface area contributed by atoms with Gasteiger partial charge in [-0.1, -0.05) is 0 Å². The Hall–Kier alpha value is -1.86. The number of rotatable bonds is 7. The zero-order chi connectivity index (χ0) is 21.6. The highest BCUT2D eigenvalue weighted by Gasteiger charge is 2.53. The number of aliphatic hydroxyl groups is 1. The van der Waals surface area contributed by atoms with Gasteiger partial charge >= 0.3 is 0 Å². The molecule has 170 valence electrons. The molecule has 4 saturated carbocycles. The molecule has 5 aliphatic rings. The predicted octanol–water partition coefficient (Wildman–Crippen LogP) is 3.73. The molecule has 2 N–H and O–H groups in total. The van der Waals surface area contributed by atoms with E-state index in [1.807, 2.05) is 12.1 Å². The molecule has 1 aromatic rings. The maximum absolute atomic E-state index is 11.8. The van der Waals surface area contributed by atoms with E-state index < -0.39 is 0 Å². The van der Waals surface area contributed by atoms with Crippen LogP contribution in [0.25, 0.3) is 0 Å². The molecule has 5 fully saturated rings. The van der Waals surface area contributed by atoms with Crippen molar-refractivity contribution in [1.29, 1.82) is 0 Å². The van der Waals surface area contributed by atoms with Crippen molar-refractivity contribution in [1.82, 2.24) is 4.90 Å². The first kappa shape index (κ1) is 21.0. The molecule has 1 heterocycles. The van der Waals surface area contributed by atoms with E-state index >= 15 is 0 Å². The minimum atomic E-state index is -0.252. The molecule has 0 spiro atoms. The van der Waals surface area contributed by atoms with E-state index in [4.69, 9.17) is 5.11 Å². The Morgan fingerprint density at radius 2 is 1.74 bits per heavy atom. The maximum Gasteiger partial charge on any atom is 0.292 e. The molecule has 0 amide bonds. The first-order valence-corrected chi connectivity index (χ1v) is 12.1. The molecule has 4 bridgehead atoms. The van der Waals surface area contributed by atoms with E-state index in [-0.39, 0.29) is 23.3 Å². The lowest BCUT2D eigenvalue weighted by atomic mass is 9.48. The first-order valence-electron chi connectivity index (χ1n) is 12.1. The Morgan fingerprint density at radius 3 is 2.29 bits per heavy atom. The largest absolute Gasteiger partial charge is 0.395 e. The Kier molecular flexibility index (Phi) is 5.59. The molecule has 1 unspecified atom stereocenters. The predicted molar refractivity (Wildman–Crippen MR) is 123 cm³/mol. The number of nitrogens with zero attached hydrogens (tertiary/aromatic N) is 3. The fourth-order valence-electron chi connectivity index (χ4n) is 7.46. The molecular formula is C24H36N4O3. The average molecular weight is 429 g/mol. The zero-order valence-corrected chi connectivity index (χ0v) is 18.6. The number of aliphatic hydroxyl groups excluding tert-OH is 1. The van der Waals surface area contributed by atoms with Crippen molar-refractivity contribution >= 4 is 17.1 Å². The fourth-order valence-corrected chi connectivity index (χ4v) is 7.46. The molecular weight excluding hydrogens is 392 g/mol. The smallest absolute Gasteiger partial charge is 0.292 e. The van der Waals surface area contributed by atoms with Crippen LogP contribution in [0.2, 0.25) is 0 Å². The number of piperazine rings is 1. The van der Waals surface area contributed by atoms with Gasteiger partial charge in [-0.2, -0.15) is 0 Å². The molecule has 7 heteroatoms. The Labute approximate surface area is 184 Å². The van der Waals surface area contributed by atoms with E-state index in [0.29, 0.717) is 17.6 Å². The standard InChI is InChI=1S/C24H36N4O3/c1-17(24-14-18-10-19(15-24)12-20(11-18)16-24)25-22-13-21(2-3-23(22)28(30)31)27-6-4-26(5-7-27)8-9-29/h2-3,13,17-20,25,29H,4-12,14-16H2,1H3. The van der Waals surface area contributed by atoms with Crippen molar-refractivity contribution in [2.75, 3.05) is 49.5 Å². The number of β-amino-alcohol motifs (C(OH)–C–C–N with tert-alkyl or cyclic N) is 1. The molecule has 1 saturated heterocycles. The van der Waals surface area contributed by atoms with Gasteiger partial charge in [0.15, 0.2) is 0 Å². The number of nitrogens with one attached hydrogen (secondary N) is 1. The van der Waals surface area contributed by atoms with Crippen LogP contribution in [0.5, 0.6) is 0 Å². The second kappa shape index (κ2) is 8.24. The van der Waals surface area contributed by atoms with Crippen molar-refractivity contribution in [2.45, 2.75) is 51.5 Å². The van der Waals surface area contributed by atoms with E-state index in [1.165, 1.54) is 38.5 Å². The zero-order valence-electron chi connectivity index (χ0n) is 18.6. The van der Waals surface area contributed by atoms with Gasteiger partial charge in [-0.05, 0) is 80.8 Å². The monoisotopic (exact) mass is 428 g/mol. The third-order valence-electron chi connectivity index (χ3n) is 8.71. The van der Waals surface area contributed by atoms with Crippen molar-refractivity contribution in [3.05, 3.63) is 28.3 Å².